The van der Waals surface area contributed by atoms with Crippen molar-refractivity contribution in [3.63, 3.8) is 0 Å². The monoisotopic (exact) mass is 314 g/mol. The number of hydrogen-bond donors (Lipinski definition) is 2. The number of aryl methyl sites for hydroxylation is 1. The largest absolute Gasteiger partial charge is 0.396 e. The normalized spacial score (nSPS) is 11.3. The van der Waals surface area contributed by atoms with Crippen LogP contribution in [0.15, 0.2) is 41.3 Å². The number of nitrogen functional groups attached to an aromatic ring is 1. The zero-order valence-corrected chi connectivity index (χ0v) is 12.1. The van der Waals surface area contributed by atoms with Crippen LogP contribution >= 0.6 is 11.6 Å². The molecule has 20 heavy (non-hydrogen) atoms. The van der Waals surface area contributed by atoms with E-state index in [0.717, 1.165) is 6.07 Å². The summed E-state index contributed by atoms with van der Waals surface area (Å²) in [5, 5.41) is 0.400. The van der Waals surface area contributed by atoms with Crippen molar-refractivity contribution in [3.8, 4) is 0 Å². The lowest BCUT2D eigenvalue weighted by Crippen LogP contribution is -2.14. The summed E-state index contributed by atoms with van der Waals surface area (Å²) in [5.41, 5.74) is 6.26. The third kappa shape index (κ3) is 3.02. The molecule has 0 amide bonds. The minimum absolute atomic E-state index is 0.108. The number of sulfonamides is 1. The van der Waals surface area contributed by atoms with Crippen molar-refractivity contribution >= 4 is 33.0 Å². The summed E-state index contributed by atoms with van der Waals surface area (Å²) in [6.45, 7) is 1.73. The molecule has 0 spiro atoms. The first-order valence-electron chi connectivity index (χ1n) is 5.63. The van der Waals surface area contributed by atoms with Crippen molar-refractivity contribution in [1.29, 1.82) is 0 Å². The molecule has 0 aliphatic carbocycles. The minimum Gasteiger partial charge on any atom is -0.396 e. The summed E-state index contributed by atoms with van der Waals surface area (Å²) in [7, 11) is -3.90. The molecule has 2 aromatic rings. The first kappa shape index (κ1) is 14.6. The first-order valence-corrected chi connectivity index (χ1v) is 7.50. The molecular weight excluding hydrogens is 303 g/mol. The molecular formula is C13H12ClFN2O2S. The molecule has 0 saturated heterocycles. The number of halogens is 2. The highest BCUT2D eigenvalue weighted by Gasteiger charge is 2.17. The van der Waals surface area contributed by atoms with E-state index >= 15 is 0 Å². The Morgan fingerprint density at radius 1 is 1.20 bits per heavy atom. The molecule has 4 nitrogen and oxygen atoms in total. The highest BCUT2D eigenvalue weighted by Crippen LogP contribution is 2.24. The molecule has 0 aromatic heterocycles. The maximum absolute atomic E-state index is 13.4. The van der Waals surface area contributed by atoms with Gasteiger partial charge in [0.25, 0.3) is 10.0 Å². The Morgan fingerprint density at radius 2 is 1.90 bits per heavy atom. The van der Waals surface area contributed by atoms with Gasteiger partial charge in [0, 0.05) is 5.02 Å². The standard InChI is InChI=1S/C13H12ClFN2O2S/c1-8-2-3-9(14)6-13(8)17-20(18,19)10-4-5-12(16)11(15)7-10/h2-7,17H,16H2,1H3. The van der Waals surface area contributed by atoms with Gasteiger partial charge in [-0.25, -0.2) is 12.8 Å². The van der Waals surface area contributed by atoms with Gasteiger partial charge in [-0.3, -0.25) is 4.72 Å². The highest BCUT2D eigenvalue weighted by molar-refractivity contribution is 7.92. The van der Waals surface area contributed by atoms with E-state index in [-0.39, 0.29) is 10.6 Å². The summed E-state index contributed by atoms with van der Waals surface area (Å²) < 4.78 is 40.1. The number of hydrogen-bond acceptors (Lipinski definition) is 3. The number of rotatable bonds is 3. The van der Waals surface area contributed by atoms with Gasteiger partial charge in [0.15, 0.2) is 0 Å². The van der Waals surface area contributed by atoms with Crippen molar-refractivity contribution in [2.75, 3.05) is 10.5 Å². The van der Waals surface area contributed by atoms with Crippen LogP contribution in [-0.4, -0.2) is 8.42 Å². The predicted molar refractivity (Wildman–Crippen MR) is 77.8 cm³/mol. The second-order valence-electron chi connectivity index (χ2n) is 4.25. The van der Waals surface area contributed by atoms with Gasteiger partial charge in [-0.1, -0.05) is 17.7 Å². The van der Waals surface area contributed by atoms with Gasteiger partial charge in [0.05, 0.1) is 16.3 Å². The number of anilines is 2. The number of nitrogens with one attached hydrogen (secondary N) is 1. The lowest BCUT2D eigenvalue weighted by molar-refractivity contribution is 0.596. The van der Waals surface area contributed by atoms with Crippen LogP contribution in [0.5, 0.6) is 0 Å². The lowest BCUT2D eigenvalue weighted by Gasteiger charge is -2.11. The molecule has 0 bridgehead atoms. The average molecular weight is 315 g/mol. The lowest BCUT2D eigenvalue weighted by atomic mass is 10.2. The SMILES string of the molecule is Cc1ccc(Cl)cc1NS(=O)(=O)c1ccc(N)c(F)c1. The summed E-state index contributed by atoms with van der Waals surface area (Å²) in [6, 6.07) is 8.14. The van der Waals surface area contributed by atoms with E-state index in [1.807, 2.05) is 0 Å². The van der Waals surface area contributed by atoms with Gasteiger partial charge in [-0.2, -0.15) is 0 Å². The predicted octanol–water partition coefficient (Wildman–Crippen LogP) is 3.17. The molecule has 3 N–H and O–H groups in total. The fourth-order valence-electron chi connectivity index (χ4n) is 1.58. The highest BCUT2D eigenvalue weighted by atomic mass is 35.5. The van der Waals surface area contributed by atoms with Crippen LogP contribution in [-0.2, 0) is 10.0 Å². The molecule has 0 unspecified atom stereocenters. The van der Waals surface area contributed by atoms with Crippen LogP contribution in [0.1, 0.15) is 5.56 Å². The van der Waals surface area contributed by atoms with E-state index in [9.17, 15) is 12.8 Å². The average Bonchev–Trinajstić information content (AvgIpc) is 2.36. The summed E-state index contributed by atoms with van der Waals surface area (Å²) in [6.07, 6.45) is 0. The molecule has 0 saturated carbocycles. The topological polar surface area (TPSA) is 72.2 Å². The molecule has 0 aliphatic rings. The number of benzene rings is 2. The molecule has 0 aliphatic heterocycles. The Kier molecular flexibility index (Phi) is 3.87. The third-order valence-corrected chi connectivity index (χ3v) is 4.32. The Morgan fingerprint density at radius 3 is 2.55 bits per heavy atom. The van der Waals surface area contributed by atoms with Gasteiger partial charge in [-0.05, 0) is 42.8 Å². The zero-order valence-electron chi connectivity index (χ0n) is 10.5. The Balaban J connectivity index is 2.40. The van der Waals surface area contributed by atoms with Crippen LogP contribution in [0.3, 0.4) is 0 Å². The van der Waals surface area contributed by atoms with Gasteiger partial charge in [0.2, 0.25) is 0 Å². The van der Waals surface area contributed by atoms with Gasteiger partial charge < -0.3 is 5.73 Å². The maximum Gasteiger partial charge on any atom is 0.262 e. The van der Waals surface area contributed by atoms with Crippen molar-refractivity contribution in [2.45, 2.75) is 11.8 Å². The zero-order chi connectivity index (χ0) is 14.9. The van der Waals surface area contributed by atoms with Gasteiger partial charge in [-0.15, -0.1) is 0 Å². The smallest absolute Gasteiger partial charge is 0.262 e. The van der Waals surface area contributed by atoms with Gasteiger partial charge >= 0.3 is 0 Å². The van der Waals surface area contributed by atoms with Crippen molar-refractivity contribution < 1.29 is 12.8 Å². The Bertz CT molecular complexity index is 763. The van der Waals surface area contributed by atoms with E-state index in [1.54, 1.807) is 19.1 Å². The van der Waals surface area contributed by atoms with E-state index in [0.29, 0.717) is 16.3 Å². The third-order valence-electron chi connectivity index (χ3n) is 2.73. The second kappa shape index (κ2) is 5.30. The van der Waals surface area contributed by atoms with Crippen molar-refractivity contribution in [1.82, 2.24) is 0 Å². The van der Waals surface area contributed by atoms with Crippen LogP contribution < -0.4 is 10.5 Å². The van der Waals surface area contributed by atoms with E-state index in [4.69, 9.17) is 17.3 Å². The van der Waals surface area contributed by atoms with Gasteiger partial charge in [0.1, 0.15) is 5.82 Å². The van der Waals surface area contributed by atoms with Crippen LogP contribution in [0.4, 0.5) is 15.8 Å². The Labute approximate surface area is 121 Å². The number of nitrogens with two attached hydrogens (primary N) is 1. The fraction of sp³-hybridized carbons (Fsp3) is 0.0769. The molecule has 2 rings (SSSR count). The van der Waals surface area contributed by atoms with E-state index in [1.165, 1.54) is 18.2 Å². The quantitative estimate of drug-likeness (QED) is 0.855. The molecule has 0 fully saturated rings. The van der Waals surface area contributed by atoms with Crippen LogP contribution in [0.2, 0.25) is 5.02 Å². The molecule has 0 atom stereocenters. The molecule has 0 heterocycles. The molecule has 0 radical (unpaired) electrons. The minimum atomic E-state index is -3.90. The summed E-state index contributed by atoms with van der Waals surface area (Å²) >= 11 is 5.83. The molecule has 7 heteroatoms. The molecule has 106 valence electrons. The van der Waals surface area contributed by atoms with Crippen LogP contribution in [0.25, 0.3) is 0 Å². The molecule has 2 aromatic carbocycles. The van der Waals surface area contributed by atoms with Crippen molar-refractivity contribution in [3.05, 3.63) is 52.8 Å². The van der Waals surface area contributed by atoms with E-state index < -0.39 is 15.8 Å². The second-order valence-corrected chi connectivity index (χ2v) is 6.37. The Hall–Kier alpha value is -1.79. The fourth-order valence-corrected chi connectivity index (χ4v) is 2.89. The van der Waals surface area contributed by atoms with Crippen molar-refractivity contribution in [2.24, 2.45) is 0 Å². The van der Waals surface area contributed by atoms with E-state index in [2.05, 4.69) is 4.72 Å². The first-order chi connectivity index (χ1) is 9.29. The summed E-state index contributed by atoms with van der Waals surface area (Å²) in [5.74, 6) is -0.782. The summed E-state index contributed by atoms with van der Waals surface area (Å²) in [4.78, 5) is -0.205. The maximum atomic E-state index is 13.4. The van der Waals surface area contributed by atoms with Crippen LogP contribution in [0, 0.1) is 12.7 Å².